The average Bonchev–Trinajstić information content (AvgIpc) is 2.75. The summed E-state index contributed by atoms with van der Waals surface area (Å²) < 4.78 is 1.63. The molecule has 1 saturated carbocycles. The molecule has 2 unspecified atom stereocenters. The van der Waals surface area contributed by atoms with Crippen molar-refractivity contribution in [2.45, 2.75) is 32.6 Å². The summed E-state index contributed by atoms with van der Waals surface area (Å²) in [4.78, 5) is 12.1. The molecule has 0 spiro atoms. The van der Waals surface area contributed by atoms with Crippen LogP contribution in [0.5, 0.6) is 0 Å². The zero-order chi connectivity index (χ0) is 13.8. The topological polar surface area (TPSA) is 46.9 Å². The second-order valence-corrected chi connectivity index (χ2v) is 5.77. The first kappa shape index (κ1) is 14.4. The molecule has 5 heteroatoms. The predicted octanol–water partition coefficient (Wildman–Crippen LogP) is 2.50. The van der Waals surface area contributed by atoms with E-state index < -0.39 is 0 Å². The number of nitrogens with zero attached hydrogens (tertiary/aromatic N) is 2. The van der Waals surface area contributed by atoms with Gasteiger partial charge in [-0.1, -0.05) is 12.8 Å². The van der Waals surface area contributed by atoms with E-state index in [-0.39, 0.29) is 5.91 Å². The van der Waals surface area contributed by atoms with Crippen molar-refractivity contribution in [2.75, 3.05) is 12.4 Å². The molecule has 1 heterocycles. The Morgan fingerprint density at radius 1 is 1.47 bits per heavy atom. The highest BCUT2D eigenvalue weighted by Gasteiger charge is 2.25. The fourth-order valence-corrected chi connectivity index (χ4v) is 3.30. The molecule has 0 radical (unpaired) electrons. The third-order valence-electron chi connectivity index (χ3n) is 4.02. The van der Waals surface area contributed by atoms with E-state index in [2.05, 4.69) is 10.4 Å². The summed E-state index contributed by atoms with van der Waals surface area (Å²) in [7, 11) is 1.80. The van der Waals surface area contributed by atoms with E-state index in [9.17, 15) is 4.79 Å². The minimum atomic E-state index is -0.0398. The van der Waals surface area contributed by atoms with Gasteiger partial charge in [0.25, 0.3) is 5.91 Å². The number of alkyl halides is 1. The molecule has 0 saturated heterocycles. The summed E-state index contributed by atoms with van der Waals surface area (Å²) in [5.41, 5.74) is 1.49. The van der Waals surface area contributed by atoms with Crippen LogP contribution in [0.2, 0.25) is 0 Å². The molecule has 0 bridgehead atoms. The number of hydrogen-bond donors (Lipinski definition) is 1. The third-order valence-corrected chi connectivity index (χ3v) is 4.42. The Balaban J connectivity index is 1.91. The van der Waals surface area contributed by atoms with Crippen molar-refractivity contribution in [3.05, 3.63) is 17.5 Å². The van der Waals surface area contributed by atoms with Crippen molar-refractivity contribution in [2.24, 2.45) is 18.9 Å². The van der Waals surface area contributed by atoms with Crippen LogP contribution in [-0.4, -0.2) is 28.1 Å². The Bertz CT molecular complexity index is 444. The molecule has 19 heavy (non-hydrogen) atoms. The van der Waals surface area contributed by atoms with E-state index in [1.807, 2.05) is 13.0 Å². The molecule has 4 nitrogen and oxygen atoms in total. The molecule has 1 aromatic heterocycles. The summed E-state index contributed by atoms with van der Waals surface area (Å²) in [6.07, 6.45) is 4.87. The lowest BCUT2D eigenvalue weighted by molar-refractivity contribution is 0.0927. The van der Waals surface area contributed by atoms with Crippen molar-refractivity contribution >= 4 is 17.5 Å². The summed E-state index contributed by atoms with van der Waals surface area (Å²) in [6, 6.07) is 1.81. The lowest BCUT2D eigenvalue weighted by Crippen LogP contribution is -2.35. The van der Waals surface area contributed by atoms with Gasteiger partial charge in [0, 0.05) is 19.5 Å². The van der Waals surface area contributed by atoms with E-state index in [1.54, 1.807) is 11.7 Å². The second kappa shape index (κ2) is 6.42. The van der Waals surface area contributed by atoms with Crippen LogP contribution in [0.1, 0.15) is 41.9 Å². The first-order valence-electron chi connectivity index (χ1n) is 6.96. The van der Waals surface area contributed by atoms with Crippen molar-refractivity contribution in [3.8, 4) is 0 Å². The smallest absolute Gasteiger partial charge is 0.269 e. The molecule has 0 aromatic carbocycles. The van der Waals surface area contributed by atoms with Crippen LogP contribution >= 0.6 is 11.6 Å². The molecular weight excluding hydrogens is 262 g/mol. The normalized spacial score (nSPS) is 23.3. The first-order valence-corrected chi connectivity index (χ1v) is 7.50. The summed E-state index contributed by atoms with van der Waals surface area (Å²) in [5, 5.41) is 7.22. The number of amides is 1. The maximum absolute atomic E-state index is 12.1. The van der Waals surface area contributed by atoms with Gasteiger partial charge in [-0.15, -0.1) is 11.6 Å². The van der Waals surface area contributed by atoms with Crippen molar-refractivity contribution in [1.29, 1.82) is 0 Å². The van der Waals surface area contributed by atoms with Crippen molar-refractivity contribution in [1.82, 2.24) is 15.1 Å². The first-order chi connectivity index (χ1) is 9.11. The Hall–Kier alpha value is -1.03. The molecule has 106 valence electrons. The molecule has 2 rings (SSSR count). The highest BCUT2D eigenvalue weighted by molar-refractivity contribution is 6.18. The van der Waals surface area contributed by atoms with Gasteiger partial charge in [-0.2, -0.15) is 5.10 Å². The number of aromatic nitrogens is 2. The van der Waals surface area contributed by atoms with Crippen LogP contribution in [0.15, 0.2) is 6.07 Å². The number of carbonyl (C=O) groups excluding carboxylic acids is 1. The van der Waals surface area contributed by atoms with Crippen LogP contribution in [0, 0.1) is 18.8 Å². The van der Waals surface area contributed by atoms with Gasteiger partial charge in [-0.05, 0) is 37.7 Å². The number of nitrogens with one attached hydrogen (secondary N) is 1. The van der Waals surface area contributed by atoms with Gasteiger partial charge in [0.2, 0.25) is 0 Å². The zero-order valence-electron chi connectivity index (χ0n) is 11.7. The zero-order valence-corrected chi connectivity index (χ0v) is 12.4. The van der Waals surface area contributed by atoms with Gasteiger partial charge in [0.15, 0.2) is 0 Å². The fraction of sp³-hybridized carbons (Fsp3) is 0.714. The molecule has 2 atom stereocenters. The molecule has 1 N–H and O–H groups in total. The molecule has 1 amide bonds. The Morgan fingerprint density at radius 3 is 2.74 bits per heavy atom. The van der Waals surface area contributed by atoms with E-state index in [0.717, 1.165) is 12.2 Å². The van der Waals surface area contributed by atoms with Gasteiger partial charge in [-0.25, -0.2) is 0 Å². The highest BCUT2D eigenvalue weighted by Crippen LogP contribution is 2.30. The van der Waals surface area contributed by atoms with Crippen LogP contribution in [0.25, 0.3) is 0 Å². The minimum Gasteiger partial charge on any atom is -0.350 e. The van der Waals surface area contributed by atoms with E-state index in [0.29, 0.717) is 23.4 Å². The predicted molar refractivity (Wildman–Crippen MR) is 76.4 cm³/mol. The maximum Gasteiger partial charge on any atom is 0.269 e. The lowest BCUT2D eigenvalue weighted by atomic mass is 9.80. The Morgan fingerprint density at radius 2 is 2.16 bits per heavy atom. The molecule has 0 aliphatic heterocycles. The number of hydrogen-bond acceptors (Lipinski definition) is 2. The minimum absolute atomic E-state index is 0.0398. The molecule has 1 fully saturated rings. The van der Waals surface area contributed by atoms with Crippen molar-refractivity contribution in [3.63, 3.8) is 0 Å². The number of rotatable bonds is 4. The molecule has 1 aliphatic rings. The van der Waals surface area contributed by atoms with E-state index in [1.165, 1.54) is 25.7 Å². The van der Waals surface area contributed by atoms with Crippen LogP contribution < -0.4 is 5.32 Å². The Labute approximate surface area is 119 Å². The van der Waals surface area contributed by atoms with Crippen LogP contribution in [0.4, 0.5) is 0 Å². The van der Waals surface area contributed by atoms with E-state index >= 15 is 0 Å². The van der Waals surface area contributed by atoms with Crippen LogP contribution in [0.3, 0.4) is 0 Å². The standard InChI is InChI=1S/C14H22ClN3O/c1-10-7-13(18(2)17-10)14(19)16-9-12-6-4-3-5-11(12)8-15/h7,11-12H,3-6,8-9H2,1-2H3,(H,16,19). The lowest BCUT2D eigenvalue weighted by Gasteiger charge is -2.30. The number of halogens is 1. The summed E-state index contributed by atoms with van der Waals surface area (Å²) in [6.45, 7) is 2.61. The van der Waals surface area contributed by atoms with Gasteiger partial charge >= 0.3 is 0 Å². The monoisotopic (exact) mass is 283 g/mol. The number of carbonyl (C=O) groups is 1. The largest absolute Gasteiger partial charge is 0.350 e. The SMILES string of the molecule is Cc1cc(C(=O)NCC2CCCCC2CCl)n(C)n1. The van der Waals surface area contributed by atoms with Gasteiger partial charge in [-0.3, -0.25) is 9.48 Å². The van der Waals surface area contributed by atoms with Crippen molar-refractivity contribution < 1.29 is 4.79 Å². The second-order valence-electron chi connectivity index (χ2n) is 5.46. The highest BCUT2D eigenvalue weighted by atomic mass is 35.5. The Kier molecular flexibility index (Phi) is 4.86. The van der Waals surface area contributed by atoms with Gasteiger partial charge < -0.3 is 5.32 Å². The quantitative estimate of drug-likeness (QED) is 0.863. The molecule has 1 aliphatic carbocycles. The summed E-state index contributed by atoms with van der Waals surface area (Å²) in [5.74, 6) is 1.72. The van der Waals surface area contributed by atoms with E-state index in [4.69, 9.17) is 11.6 Å². The summed E-state index contributed by atoms with van der Waals surface area (Å²) >= 11 is 6.01. The van der Waals surface area contributed by atoms with Gasteiger partial charge in [0.1, 0.15) is 5.69 Å². The number of aryl methyl sites for hydroxylation is 2. The van der Waals surface area contributed by atoms with Crippen LogP contribution in [-0.2, 0) is 7.05 Å². The third kappa shape index (κ3) is 3.50. The average molecular weight is 284 g/mol. The van der Waals surface area contributed by atoms with Gasteiger partial charge in [0.05, 0.1) is 5.69 Å². The maximum atomic E-state index is 12.1. The fourth-order valence-electron chi connectivity index (χ4n) is 2.89. The molecule has 1 aromatic rings. The molecular formula is C14H22ClN3O.